The number of hydrogen-bond acceptors (Lipinski definition) is 4. The Morgan fingerprint density at radius 2 is 2.00 bits per heavy atom. The second-order valence-electron chi connectivity index (χ2n) is 6.40. The monoisotopic (exact) mass is 343 g/mol. The third kappa shape index (κ3) is 3.48. The first-order valence-corrected chi connectivity index (χ1v) is 8.68. The topological polar surface area (TPSA) is 76.2 Å². The number of hydrogen-bond donors (Lipinski definition) is 2. The van der Waals surface area contributed by atoms with Gasteiger partial charge in [0.05, 0.1) is 19.6 Å². The molecule has 0 radical (unpaired) electrons. The van der Waals surface area contributed by atoms with E-state index in [1.165, 1.54) is 0 Å². The highest BCUT2D eigenvalue weighted by atomic mass is 16.5. The number of rotatable bonds is 7. The average Bonchev–Trinajstić information content (AvgIpc) is 3.33. The standard InChI is InChI=1S/C19H25N3O3/c1-24-15-6-5-14(13-16(15)25-2)19(8-3-4-9-19)18(23)22-10-7-17-20-11-12-21-17/h5-6,11-13H,3-4,7-10H2,1-2H3,(H,20,21)(H,22,23). The zero-order valence-electron chi connectivity index (χ0n) is 14.8. The van der Waals surface area contributed by atoms with Gasteiger partial charge in [-0.15, -0.1) is 0 Å². The molecule has 1 aliphatic carbocycles. The van der Waals surface area contributed by atoms with E-state index in [1.54, 1.807) is 26.6 Å². The van der Waals surface area contributed by atoms with Crippen LogP contribution in [0.1, 0.15) is 37.1 Å². The minimum absolute atomic E-state index is 0.0868. The minimum atomic E-state index is -0.483. The molecular formula is C19H25N3O3. The molecule has 1 fully saturated rings. The number of nitrogens with one attached hydrogen (secondary N) is 2. The van der Waals surface area contributed by atoms with Gasteiger partial charge in [-0.25, -0.2) is 4.98 Å². The van der Waals surface area contributed by atoms with Gasteiger partial charge in [-0.05, 0) is 30.5 Å². The van der Waals surface area contributed by atoms with Gasteiger partial charge >= 0.3 is 0 Å². The maximum atomic E-state index is 13.0. The number of aromatic amines is 1. The molecule has 0 bridgehead atoms. The van der Waals surface area contributed by atoms with Crippen LogP contribution in [0.25, 0.3) is 0 Å². The summed E-state index contributed by atoms with van der Waals surface area (Å²) in [6.45, 7) is 0.571. The molecule has 1 aliphatic rings. The molecule has 1 saturated carbocycles. The average molecular weight is 343 g/mol. The molecule has 2 N–H and O–H groups in total. The van der Waals surface area contributed by atoms with Crippen LogP contribution in [-0.2, 0) is 16.6 Å². The van der Waals surface area contributed by atoms with Crippen LogP contribution in [0.5, 0.6) is 11.5 Å². The van der Waals surface area contributed by atoms with Crippen molar-refractivity contribution in [3.63, 3.8) is 0 Å². The normalized spacial score (nSPS) is 15.8. The summed E-state index contributed by atoms with van der Waals surface area (Å²) in [5.41, 5.74) is 0.515. The Hall–Kier alpha value is -2.50. The molecule has 3 rings (SSSR count). The third-order valence-electron chi connectivity index (χ3n) is 5.03. The van der Waals surface area contributed by atoms with Gasteiger partial charge in [0.1, 0.15) is 5.82 Å². The predicted molar refractivity (Wildman–Crippen MR) is 95.0 cm³/mol. The highest BCUT2D eigenvalue weighted by Crippen LogP contribution is 2.43. The van der Waals surface area contributed by atoms with E-state index in [1.807, 2.05) is 18.2 Å². The molecule has 0 spiro atoms. The molecule has 0 unspecified atom stereocenters. The van der Waals surface area contributed by atoms with Crippen molar-refractivity contribution in [3.8, 4) is 11.5 Å². The summed E-state index contributed by atoms with van der Waals surface area (Å²) in [6.07, 6.45) is 8.03. The number of nitrogens with zero attached hydrogens (tertiary/aromatic N) is 1. The van der Waals surface area contributed by atoms with Crippen molar-refractivity contribution in [1.82, 2.24) is 15.3 Å². The molecule has 1 aromatic heterocycles. The fourth-order valence-electron chi connectivity index (χ4n) is 3.66. The Kier molecular flexibility index (Phi) is 5.26. The third-order valence-corrected chi connectivity index (χ3v) is 5.03. The number of methoxy groups -OCH3 is 2. The largest absolute Gasteiger partial charge is 0.493 e. The highest BCUT2D eigenvalue weighted by Gasteiger charge is 2.42. The molecule has 6 heteroatoms. The Balaban J connectivity index is 1.77. The summed E-state index contributed by atoms with van der Waals surface area (Å²) < 4.78 is 10.7. The number of ether oxygens (including phenoxy) is 2. The number of benzene rings is 1. The van der Waals surface area contributed by atoms with Crippen molar-refractivity contribution in [2.45, 2.75) is 37.5 Å². The van der Waals surface area contributed by atoms with Crippen molar-refractivity contribution in [3.05, 3.63) is 42.0 Å². The van der Waals surface area contributed by atoms with Gasteiger partial charge in [-0.1, -0.05) is 18.9 Å². The van der Waals surface area contributed by atoms with Crippen LogP contribution in [-0.4, -0.2) is 36.6 Å². The van der Waals surface area contributed by atoms with Gasteiger partial charge in [0.25, 0.3) is 0 Å². The quantitative estimate of drug-likeness (QED) is 0.810. The predicted octanol–water partition coefficient (Wildman–Crippen LogP) is 2.60. The molecule has 6 nitrogen and oxygen atoms in total. The number of amides is 1. The van der Waals surface area contributed by atoms with Crippen molar-refractivity contribution >= 4 is 5.91 Å². The van der Waals surface area contributed by atoms with Gasteiger partial charge in [0.15, 0.2) is 11.5 Å². The molecule has 1 amide bonds. The first-order valence-electron chi connectivity index (χ1n) is 8.68. The lowest BCUT2D eigenvalue weighted by Gasteiger charge is -2.29. The van der Waals surface area contributed by atoms with E-state index in [0.29, 0.717) is 24.5 Å². The zero-order valence-corrected chi connectivity index (χ0v) is 14.8. The van der Waals surface area contributed by atoms with E-state index in [-0.39, 0.29) is 5.91 Å². The number of carbonyl (C=O) groups is 1. The Labute approximate surface area is 147 Å². The number of carbonyl (C=O) groups excluding carboxylic acids is 1. The molecule has 1 heterocycles. The lowest BCUT2D eigenvalue weighted by molar-refractivity contribution is -0.126. The summed E-state index contributed by atoms with van der Waals surface area (Å²) in [4.78, 5) is 20.3. The molecule has 134 valence electrons. The summed E-state index contributed by atoms with van der Waals surface area (Å²) in [5.74, 6) is 2.31. The van der Waals surface area contributed by atoms with E-state index in [9.17, 15) is 4.79 Å². The number of H-pyrrole nitrogens is 1. The van der Waals surface area contributed by atoms with Gasteiger partial charge in [0, 0.05) is 25.4 Å². The van der Waals surface area contributed by atoms with E-state index < -0.39 is 5.41 Å². The molecule has 2 aromatic rings. The van der Waals surface area contributed by atoms with E-state index >= 15 is 0 Å². The number of aromatic nitrogens is 2. The van der Waals surface area contributed by atoms with Crippen LogP contribution >= 0.6 is 0 Å². The molecule has 25 heavy (non-hydrogen) atoms. The maximum Gasteiger partial charge on any atom is 0.230 e. The van der Waals surface area contributed by atoms with Crippen LogP contribution in [0.3, 0.4) is 0 Å². The Bertz CT molecular complexity index is 707. The summed E-state index contributed by atoms with van der Waals surface area (Å²) in [5, 5.41) is 3.10. The lowest BCUT2D eigenvalue weighted by atomic mass is 9.77. The minimum Gasteiger partial charge on any atom is -0.493 e. The van der Waals surface area contributed by atoms with E-state index in [0.717, 1.165) is 37.1 Å². The highest BCUT2D eigenvalue weighted by molar-refractivity contribution is 5.88. The van der Waals surface area contributed by atoms with Crippen LogP contribution < -0.4 is 14.8 Å². The molecule has 1 aromatic carbocycles. The molecule has 0 saturated heterocycles. The first kappa shape index (κ1) is 17.3. The van der Waals surface area contributed by atoms with Crippen molar-refractivity contribution in [2.24, 2.45) is 0 Å². The van der Waals surface area contributed by atoms with Crippen LogP contribution in [0.15, 0.2) is 30.6 Å². The van der Waals surface area contributed by atoms with Gasteiger partial charge in [-0.2, -0.15) is 0 Å². The van der Waals surface area contributed by atoms with Crippen molar-refractivity contribution in [1.29, 1.82) is 0 Å². The fraction of sp³-hybridized carbons (Fsp3) is 0.474. The second kappa shape index (κ2) is 7.59. The van der Waals surface area contributed by atoms with Crippen molar-refractivity contribution in [2.75, 3.05) is 20.8 Å². The SMILES string of the molecule is COc1ccc(C2(C(=O)NCCc3ncc[nH]3)CCCC2)cc1OC. The zero-order chi connectivity index (χ0) is 17.7. The maximum absolute atomic E-state index is 13.0. The van der Waals surface area contributed by atoms with Crippen LogP contribution in [0.4, 0.5) is 0 Å². The lowest BCUT2D eigenvalue weighted by Crippen LogP contribution is -2.43. The second-order valence-corrected chi connectivity index (χ2v) is 6.40. The molecule has 0 atom stereocenters. The smallest absolute Gasteiger partial charge is 0.230 e. The van der Waals surface area contributed by atoms with Crippen LogP contribution in [0.2, 0.25) is 0 Å². The Morgan fingerprint density at radius 1 is 1.24 bits per heavy atom. The van der Waals surface area contributed by atoms with Gasteiger partial charge in [0.2, 0.25) is 5.91 Å². The Morgan fingerprint density at radius 3 is 2.64 bits per heavy atom. The fourth-order valence-corrected chi connectivity index (χ4v) is 3.66. The van der Waals surface area contributed by atoms with Crippen molar-refractivity contribution < 1.29 is 14.3 Å². The van der Waals surface area contributed by atoms with E-state index in [4.69, 9.17) is 9.47 Å². The summed E-state index contributed by atoms with van der Waals surface area (Å²) >= 11 is 0. The van der Waals surface area contributed by atoms with Gasteiger partial charge < -0.3 is 19.8 Å². The first-order chi connectivity index (χ1) is 12.2. The summed E-state index contributed by atoms with van der Waals surface area (Å²) in [6, 6.07) is 5.80. The van der Waals surface area contributed by atoms with E-state index in [2.05, 4.69) is 15.3 Å². The molecule has 0 aliphatic heterocycles. The van der Waals surface area contributed by atoms with Crippen LogP contribution in [0, 0.1) is 0 Å². The molecular weight excluding hydrogens is 318 g/mol. The summed E-state index contributed by atoms with van der Waals surface area (Å²) in [7, 11) is 3.23. The number of imidazole rings is 1. The van der Waals surface area contributed by atoms with Gasteiger partial charge in [-0.3, -0.25) is 4.79 Å².